The van der Waals surface area contributed by atoms with E-state index in [1.54, 1.807) is 4.90 Å². The predicted molar refractivity (Wildman–Crippen MR) is 57.7 cm³/mol. The summed E-state index contributed by atoms with van der Waals surface area (Å²) in [6.07, 6.45) is -3.12. The van der Waals surface area contributed by atoms with Crippen LogP contribution in [-0.2, 0) is 0 Å². The molecule has 0 saturated carbocycles. The average Bonchev–Trinajstić information content (AvgIpc) is 2.82. The molecule has 0 amide bonds. The third kappa shape index (κ3) is 3.56. The zero-order valence-electron chi connectivity index (χ0n) is 9.79. The number of aliphatic hydroxyl groups excluding tert-OH is 1. The van der Waals surface area contributed by atoms with Gasteiger partial charge in [-0.05, 0) is 25.9 Å². The summed E-state index contributed by atoms with van der Waals surface area (Å²) in [5.74, 6) is 0. The zero-order chi connectivity index (χ0) is 12.5. The van der Waals surface area contributed by atoms with E-state index in [-0.39, 0.29) is 12.6 Å². The van der Waals surface area contributed by atoms with Gasteiger partial charge in [0, 0.05) is 25.7 Å². The number of aliphatic hydroxyl groups is 1. The van der Waals surface area contributed by atoms with Gasteiger partial charge in [-0.25, -0.2) is 0 Å². The molecular formula is C11H19F3N2O. The van der Waals surface area contributed by atoms with Crippen LogP contribution in [0, 0.1) is 0 Å². The Morgan fingerprint density at radius 1 is 1.12 bits per heavy atom. The number of halogens is 3. The molecule has 17 heavy (non-hydrogen) atoms. The van der Waals surface area contributed by atoms with Gasteiger partial charge < -0.3 is 5.11 Å². The molecule has 100 valence electrons. The highest BCUT2D eigenvalue weighted by Crippen LogP contribution is 2.24. The van der Waals surface area contributed by atoms with Crippen molar-refractivity contribution in [3.8, 4) is 0 Å². The van der Waals surface area contributed by atoms with Crippen LogP contribution < -0.4 is 0 Å². The standard InChI is InChI=1S/C11H19F3N2O/c12-11(13,14)3-6-15-7-9(10(17)8-15)16-4-1-2-5-16/h9-10,17H,1-8H2/t9-,10-/m0/s1. The summed E-state index contributed by atoms with van der Waals surface area (Å²) in [6, 6.07) is 0.0331. The fourth-order valence-electron chi connectivity index (χ4n) is 2.75. The molecule has 2 rings (SSSR count). The van der Waals surface area contributed by atoms with E-state index in [2.05, 4.69) is 4.90 Å². The van der Waals surface area contributed by atoms with Gasteiger partial charge in [-0.2, -0.15) is 13.2 Å². The SMILES string of the molecule is O[C@H]1CN(CCC(F)(F)F)C[C@@H]1N1CCCC1. The Morgan fingerprint density at radius 2 is 1.76 bits per heavy atom. The van der Waals surface area contributed by atoms with Crippen molar-refractivity contribution in [3.63, 3.8) is 0 Å². The fraction of sp³-hybridized carbons (Fsp3) is 1.00. The van der Waals surface area contributed by atoms with Crippen LogP contribution in [0.25, 0.3) is 0 Å². The molecule has 2 atom stereocenters. The van der Waals surface area contributed by atoms with Crippen LogP contribution in [-0.4, -0.2) is 66.0 Å². The lowest BCUT2D eigenvalue weighted by molar-refractivity contribution is -0.137. The van der Waals surface area contributed by atoms with Crippen molar-refractivity contribution in [2.24, 2.45) is 0 Å². The first-order valence-electron chi connectivity index (χ1n) is 6.17. The number of nitrogens with zero attached hydrogens (tertiary/aromatic N) is 2. The molecule has 2 saturated heterocycles. The molecule has 2 fully saturated rings. The zero-order valence-corrected chi connectivity index (χ0v) is 9.79. The van der Waals surface area contributed by atoms with Gasteiger partial charge in [-0.15, -0.1) is 0 Å². The highest BCUT2D eigenvalue weighted by molar-refractivity contribution is 4.92. The summed E-state index contributed by atoms with van der Waals surface area (Å²) in [5, 5.41) is 9.88. The van der Waals surface area contributed by atoms with Gasteiger partial charge in [0.1, 0.15) is 0 Å². The van der Waals surface area contributed by atoms with Crippen LogP contribution in [0.15, 0.2) is 0 Å². The number of hydrogen-bond acceptors (Lipinski definition) is 3. The maximum Gasteiger partial charge on any atom is 0.390 e. The molecule has 0 bridgehead atoms. The van der Waals surface area contributed by atoms with Crippen LogP contribution >= 0.6 is 0 Å². The molecule has 0 aromatic heterocycles. The van der Waals surface area contributed by atoms with E-state index in [4.69, 9.17) is 0 Å². The minimum atomic E-state index is -4.10. The van der Waals surface area contributed by atoms with Crippen LogP contribution in [0.2, 0.25) is 0 Å². The van der Waals surface area contributed by atoms with Gasteiger partial charge in [0.25, 0.3) is 0 Å². The van der Waals surface area contributed by atoms with E-state index in [0.29, 0.717) is 13.1 Å². The molecule has 1 N–H and O–H groups in total. The Balaban J connectivity index is 1.80. The molecule has 3 nitrogen and oxygen atoms in total. The molecule has 0 radical (unpaired) electrons. The lowest BCUT2D eigenvalue weighted by Crippen LogP contribution is -2.41. The van der Waals surface area contributed by atoms with Gasteiger partial charge in [0.15, 0.2) is 0 Å². The Labute approximate surface area is 99.2 Å². The highest BCUT2D eigenvalue weighted by Gasteiger charge is 2.37. The number of β-amino-alcohol motifs (C(OH)–C–C–N with tert-alkyl or cyclic N) is 1. The Bertz CT molecular complexity index is 254. The second-order valence-electron chi connectivity index (χ2n) is 5.00. The van der Waals surface area contributed by atoms with Crippen molar-refractivity contribution in [1.82, 2.24) is 9.80 Å². The summed E-state index contributed by atoms with van der Waals surface area (Å²) >= 11 is 0. The molecule has 0 spiro atoms. The molecule has 2 aliphatic rings. The molecule has 6 heteroatoms. The van der Waals surface area contributed by atoms with Gasteiger partial charge in [-0.1, -0.05) is 0 Å². The normalized spacial score (nSPS) is 32.5. The van der Waals surface area contributed by atoms with Gasteiger partial charge >= 0.3 is 6.18 Å². The summed E-state index contributed by atoms with van der Waals surface area (Å²) < 4.78 is 36.3. The fourth-order valence-corrected chi connectivity index (χ4v) is 2.75. The lowest BCUT2D eigenvalue weighted by Gasteiger charge is -2.25. The molecule has 0 unspecified atom stereocenters. The van der Waals surface area contributed by atoms with Crippen LogP contribution in [0.3, 0.4) is 0 Å². The van der Waals surface area contributed by atoms with Crippen LogP contribution in [0.4, 0.5) is 13.2 Å². The lowest BCUT2D eigenvalue weighted by atomic mass is 10.2. The van der Waals surface area contributed by atoms with E-state index >= 15 is 0 Å². The number of alkyl halides is 3. The minimum Gasteiger partial charge on any atom is -0.390 e. The van der Waals surface area contributed by atoms with Crippen molar-refractivity contribution in [2.75, 3.05) is 32.7 Å². The van der Waals surface area contributed by atoms with E-state index < -0.39 is 18.7 Å². The maximum absolute atomic E-state index is 12.1. The Kier molecular flexibility index (Phi) is 3.95. The Hall–Kier alpha value is -0.330. The summed E-state index contributed by atoms with van der Waals surface area (Å²) in [5.41, 5.74) is 0. The number of likely N-dealkylation sites (tertiary alicyclic amines) is 2. The monoisotopic (exact) mass is 252 g/mol. The first kappa shape index (κ1) is 13.1. The molecule has 2 heterocycles. The number of rotatable bonds is 3. The second kappa shape index (κ2) is 5.12. The van der Waals surface area contributed by atoms with Crippen molar-refractivity contribution < 1.29 is 18.3 Å². The molecule has 0 aromatic rings. The second-order valence-corrected chi connectivity index (χ2v) is 5.00. The van der Waals surface area contributed by atoms with Gasteiger partial charge in [-0.3, -0.25) is 9.80 Å². The smallest absolute Gasteiger partial charge is 0.390 e. The predicted octanol–water partition coefficient (Wildman–Crippen LogP) is 1.08. The van der Waals surface area contributed by atoms with Crippen LogP contribution in [0.1, 0.15) is 19.3 Å². The van der Waals surface area contributed by atoms with Gasteiger partial charge in [0.2, 0.25) is 0 Å². The minimum absolute atomic E-state index is 0.00486. The highest BCUT2D eigenvalue weighted by atomic mass is 19.4. The Morgan fingerprint density at radius 3 is 2.35 bits per heavy atom. The largest absolute Gasteiger partial charge is 0.390 e. The van der Waals surface area contributed by atoms with Gasteiger partial charge in [0.05, 0.1) is 12.5 Å². The van der Waals surface area contributed by atoms with Crippen molar-refractivity contribution in [1.29, 1.82) is 0 Å². The molecular weight excluding hydrogens is 233 g/mol. The molecule has 0 aliphatic carbocycles. The van der Waals surface area contributed by atoms with Crippen molar-refractivity contribution in [3.05, 3.63) is 0 Å². The van der Waals surface area contributed by atoms with Crippen molar-refractivity contribution in [2.45, 2.75) is 37.6 Å². The van der Waals surface area contributed by atoms with Crippen molar-refractivity contribution >= 4 is 0 Å². The molecule has 0 aromatic carbocycles. The van der Waals surface area contributed by atoms with E-state index in [0.717, 1.165) is 25.9 Å². The van der Waals surface area contributed by atoms with E-state index in [9.17, 15) is 18.3 Å². The first-order valence-corrected chi connectivity index (χ1v) is 6.17. The number of hydrogen-bond donors (Lipinski definition) is 1. The third-order valence-corrected chi connectivity index (χ3v) is 3.66. The average molecular weight is 252 g/mol. The topological polar surface area (TPSA) is 26.7 Å². The van der Waals surface area contributed by atoms with E-state index in [1.165, 1.54) is 0 Å². The van der Waals surface area contributed by atoms with Crippen LogP contribution in [0.5, 0.6) is 0 Å². The molecule has 2 aliphatic heterocycles. The summed E-state index contributed by atoms with van der Waals surface area (Å²) in [4.78, 5) is 3.93. The summed E-state index contributed by atoms with van der Waals surface area (Å²) in [7, 11) is 0. The summed E-state index contributed by atoms with van der Waals surface area (Å²) in [6.45, 7) is 2.88. The first-order chi connectivity index (χ1) is 7.96. The van der Waals surface area contributed by atoms with E-state index in [1.807, 2.05) is 0 Å². The maximum atomic E-state index is 12.1. The quantitative estimate of drug-likeness (QED) is 0.814. The third-order valence-electron chi connectivity index (χ3n) is 3.66.